The Morgan fingerprint density at radius 3 is 2.71 bits per heavy atom. The zero-order valence-corrected chi connectivity index (χ0v) is 15.0. The van der Waals surface area contributed by atoms with Crippen molar-refractivity contribution in [1.82, 2.24) is 0 Å². The highest BCUT2D eigenvalue weighted by atomic mass is 35.5. The Bertz CT molecular complexity index is 704. The Balaban J connectivity index is 1.89. The van der Waals surface area contributed by atoms with Crippen LogP contribution in [0.15, 0.2) is 42.5 Å². The topological polar surface area (TPSA) is 50.4 Å². The summed E-state index contributed by atoms with van der Waals surface area (Å²) in [5.74, 6) is 0.656. The van der Waals surface area contributed by atoms with Gasteiger partial charge in [0.25, 0.3) is 0 Å². The SMILES string of the molecule is CCC(C)Oc1cccc(NCC(=O)Nc2ccc(C)c(Cl)c2)c1. The van der Waals surface area contributed by atoms with Crippen LogP contribution < -0.4 is 15.4 Å². The lowest BCUT2D eigenvalue weighted by Gasteiger charge is -2.14. The maximum absolute atomic E-state index is 12.0. The maximum Gasteiger partial charge on any atom is 0.243 e. The number of carbonyl (C=O) groups excluding carboxylic acids is 1. The second kappa shape index (κ2) is 8.60. The van der Waals surface area contributed by atoms with Gasteiger partial charge in [-0.2, -0.15) is 0 Å². The highest BCUT2D eigenvalue weighted by Crippen LogP contribution is 2.21. The largest absolute Gasteiger partial charge is 0.491 e. The van der Waals surface area contributed by atoms with E-state index in [1.54, 1.807) is 6.07 Å². The molecule has 0 aliphatic rings. The minimum atomic E-state index is -0.136. The molecule has 0 fully saturated rings. The molecule has 0 saturated heterocycles. The standard InChI is InChI=1S/C19H23ClN2O2/c1-4-14(3)24-17-7-5-6-15(10-17)21-12-19(23)22-16-9-8-13(2)18(20)11-16/h5-11,14,21H,4,12H2,1-3H3,(H,22,23). The number of ether oxygens (including phenoxy) is 1. The summed E-state index contributed by atoms with van der Waals surface area (Å²) in [6.07, 6.45) is 1.11. The van der Waals surface area contributed by atoms with Crippen molar-refractivity contribution in [3.05, 3.63) is 53.1 Å². The molecule has 4 nitrogen and oxygen atoms in total. The number of carbonyl (C=O) groups is 1. The molecule has 0 aromatic heterocycles. The normalized spacial score (nSPS) is 11.7. The van der Waals surface area contributed by atoms with Crippen LogP contribution in [0.1, 0.15) is 25.8 Å². The van der Waals surface area contributed by atoms with Gasteiger partial charge in [0.15, 0.2) is 0 Å². The second-order valence-corrected chi connectivity index (χ2v) is 6.14. The molecular formula is C19H23ClN2O2. The Kier molecular flexibility index (Phi) is 6.50. The fourth-order valence-electron chi connectivity index (χ4n) is 2.05. The summed E-state index contributed by atoms with van der Waals surface area (Å²) in [6.45, 7) is 6.19. The molecule has 24 heavy (non-hydrogen) atoms. The third-order valence-electron chi connectivity index (χ3n) is 3.65. The predicted octanol–water partition coefficient (Wildman–Crippen LogP) is 4.88. The molecule has 128 valence electrons. The van der Waals surface area contributed by atoms with Crippen molar-refractivity contribution in [2.75, 3.05) is 17.2 Å². The van der Waals surface area contributed by atoms with Crippen LogP contribution in [0.3, 0.4) is 0 Å². The fraction of sp³-hybridized carbons (Fsp3) is 0.316. The van der Waals surface area contributed by atoms with Gasteiger partial charge in [-0.25, -0.2) is 0 Å². The number of hydrogen-bond acceptors (Lipinski definition) is 3. The van der Waals surface area contributed by atoms with Crippen molar-refractivity contribution < 1.29 is 9.53 Å². The Morgan fingerprint density at radius 2 is 2.00 bits per heavy atom. The molecule has 1 amide bonds. The van der Waals surface area contributed by atoms with Crippen LogP contribution in [0.4, 0.5) is 11.4 Å². The van der Waals surface area contributed by atoms with Gasteiger partial charge in [-0.3, -0.25) is 4.79 Å². The summed E-state index contributed by atoms with van der Waals surface area (Å²) in [5.41, 5.74) is 2.50. The molecule has 1 atom stereocenters. The zero-order valence-electron chi connectivity index (χ0n) is 14.2. The molecule has 2 rings (SSSR count). The van der Waals surface area contributed by atoms with E-state index in [2.05, 4.69) is 17.6 Å². The predicted molar refractivity (Wildman–Crippen MR) is 100 cm³/mol. The van der Waals surface area contributed by atoms with Crippen molar-refractivity contribution in [1.29, 1.82) is 0 Å². The van der Waals surface area contributed by atoms with Crippen molar-refractivity contribution in [3.8, 4) is 5.75 Å². The van der Waals surface area contributed by atoms with Crippen LogP contribution in [-0.2, 0) is 4.79 Å². The third kappa shape index (κ3) is 5.46. The summed E-state index contributed by atoms with van der Waals surface area (Å²) >= 11 is 6.06. The Hall–Kier alpha value is -2.20. The van der Waals surface area contributed by atoms with E-state index >= 15 is 0 Å². The molecule has 2 aromatic carbocycles. The van der Waals surface area contributed by atoms with Crippen molar-refractivity contribution in [2.24, 2.45) is 0 Å². The van der Waals surface area contributed by atoms with Gasteiger partial charge in [-0.05, 0) is 50.1 Å². The summed E-state index contributed by atoms with van der Waals surface area (Å²) < 4.78 is 5.78. The number of aryl methyl sites for hydroxylation is 1. The second-order valence-electron chi connectivity index (χ2n) is 5.73. The average molecular weight is 347 g/mol. The van der Waals surface area contributed by atoms with Gasteiger partial charge >= 0.3 is 0 Å². The molecule has 0 aliphatic carbocycles. The summed E-state index contributed by atoms with van der Waals surface area (Å²) in [6, 6.07) is 13.1. The molecule has 0 bridgehead atoms. The molecule has 1 unspecified atom stereocenters. The molecule has 0 heterocycles. The molecule has 0 spiro atoms. The lowest BCUT2D eigenvalue weighted by molar-refractivity contribution is -0.114. The highest BCUT2D eigenvalue weighted by Gasteiger charge is 2.06. The summed E-state index contributed by atoms with van der Waals surface area (Å²) in [5, 5.41) is 6.55. The van der Waals surface area contributed by atoms with E-state index in [0.29, 0.717) is 10.7 Å². The smallest absolute Gasteiger partial charge is 0.243 e. The van der Waals surface area contributed by atoms with Gasteiger partial charge < -0.3 is 15.4 Å². The lowest BCUT2D eigenvalue weighted by Crippen LogP contribution is -2.21. The number of nitrogens with one attached hydrogen (secondary N) is 2. The molecule has 0 radical (unpaired) electrons. The Morgan fingerprint density at radius 1 is 1.21 bits per heavy atom. The molecule has 0 aliphatic heterocycles. The van der Waals surface area contributed by atoms with E-state index in [9.17, 15) is 4.79 Å². The van der Waals surface area contributed by atoms with Crippen LogP contribution in [-0.4, -0.2) is 18.6 Å². The molecule has 0 saturated carbocycles. The van der Waals surface area contributed by atoms with Crippen LogP contribution in [0.25, 0.3) is 0 Å². The fourth-order valence-corrected chi connectivity index (χ4v) is 2.23. The van der Waals surface area contributed by atoms with E-state index < -0.39 is 0 Å². The van der Waals surface area contributed by atoms with E-state index in [1.165, 1.54) is 0 Å². The Labute approximate surface area is 148 Å². The van der Waals surface area contributed by atoms with Gasteiger partial charge in [0.05, 0.1) is 12.6 Å². The first-order valence-corrected chi connectivity index (χ1v) is 8.42. The lowest BCUT2D eigenvalue weighted by atomic mass is 10.2. The number of rotatable bonds is 7. The van der Waals surface area contributed by atoms with Gasteiger partial charge in [0.2, 0.25) is 5.91 Å². The number of benzene rings is 2. The highest BCUT2D eigenvalue weighted by molar-refractivity contribution is 6.31. The number of hydrogen-bond donors (Lipinski definition) is 2. The van der Waals surface area contributed by atoms with Crippen molar-refractivity contribution in [3.63, 3.8) is 0 Å². The third-order valence-corrected chi connectivity index (χ3v) is 4.06. The van der Waals surface area contributed by atoms with Gasteiger partial charge in [0.1, 0.15) is 5.75 Å². The first-order valence-electron chi connectivity index (χ1n) is 8.04. The monoisotopic (exact) mass is 346 g/mol. The molecular weight excluding hydrogens is 324 g/mol. The van der Waals surface area contributed by atoms with Crippen molar-refractivity contribution in [2.45, 2.75) is 33.3 Å². The molecule has 2 aromatic rings. The summed E-state index contributed by atoms with van der Waals surface area (Å²) in [7, 11) is 0. The van der Waals surface area contributed by atoms with Crippen LogP contribution >= 0.6 is 11.6 Å². The minimum absolute atomic E-state index is 0.136. The summed E-state index contributed by atoms with van der Waals surface area (Å²) in [4.78, 5) is 12.0. The number of amides is 1. The number of anilines is 2. The first kappa shape index (κ1) is 18.1. The quantitative estimate of drug-likeness (QED) is 0.751. The maximum atomic E-state index is 12.0. The van der Waals surface area contributed by atoms with Gasteiger partial charge in [-0.1, -0.05) is 30.7 Å². The van der Waals surface area contributed by atoms with Gasteiger partial charge in [0, 0.05) is 22.5 Å². The van der Waals surface area contributed by atoms with E-state index in [0.717, 1.165) is 23.4 Å². The van der Waals surface area contributed by atoms with Crippen LogP contribution in [0, 0.1) is 6.92 Å². The number of halogens is 1. The zero-order chi connectivity index (χ0) is 17.5. The van der Waals surface area contributed by atoms with E-state index in [1.807, 2.05) is 50.2 Å². The first-order chi connectivity index (χ1) is 11.5. The average Bonchev–Trinajstić information content (AvgIpc) is 2.56. The van der Waals surface area contributed by atoms with Crippen molar-refractivity contribution >= 4 is 28.9 Å². The minimum Gasteiger partial charge on any atom is -0.491 e. The van der Waals surface area contributed by atoms with Gasteiger partial charge in [-0.15, -0.1) is 0 Å². The molecule has 5 heteroatoms. The molecule has 2 N–H and O–H groups in total. The van der Waals surface area contributed by atoms with Crippen LogP contribution in [0.2, 0.25) is 5.02 Å². The van der Waals surface area contributed by atoms with Crippen LogP contribution in [0.5, 0.6) is 5.75 Å². The van der Waals surface area contributed by atoms with E-state index in [4.69, 9.17) is 16.3 Å². The van der Waals surface area contributed by atoms with E-state index in [-0.39, 0.29) is 18.6 Å².